The first-order valence-electron chi connectivity index (χ1n) is 7.64. The van der Waals surface area contributed by atoms with Crippen LogP contribution < -0.4 is 5.32 Å². The number of rotatable bonds is 5. The predicted octanol–water partition coefficient (Wildman–Crippen LogP) is 4.75. The maximum atomic E-state index is 12.2. The number of nitrogens with one attached hydrogen (secondary N) is 1. The minimum absolute atomic E-state index is 0.136. The molecule has 24 heavy (non-hydrogen) atoms. The monoisotopic (exact) mass is 366 g/mol. The quantitative estimate of drug-likeness (QED) is 0.801. The third-order valence-corrected chi connectivity index (χ3v) is 4.47. The smallest absolute Gasteiger partial charge is 0.321 e. The lowest BCUT2D eigenvalue weighted by molar-refractivity contribution is 0.136. The molecule has 0 aliphatic carbocycles. The highest BCUT2D eigenvalue weighted by Crippen LogP contribution is 2.26. The summed E-state index contributed by atoms with van der Waals surface area (Å²) < 4.78 is 0. The molecule has 2 aromatic rings. The molecule has 1 unspecified atom stereocenters. The van der Waals surface area contributed by atoms with Gasteiger partial charge in [0.2, 0.25) is 0 Å². The van der Waals surface area contributed by atoms with Crippen LogP contribution in [0.15, 0.2) is 42.5 Å². The van der Waals surface area contributed by atoms with E-state index < -0.39 is 6.10 Å². The van der Waals surface area contributed by atoms with E-state index in [0.717, 1.165) is 6.42 Å². The van der Waals surface area contributed by atoms with E-state index in [-0.39, 0.29) is 12.6 Å². The average molecular weight is 367 g/mol. The Balaban J connectivity index is 1.95. The topological polar surface area (TPSA) is 52.6 Å². The normalized spacial score (nSPS) is 11.9. The van der Waals surface area contributed by atoms with Crippen LogP contribution in [0.5, 0.6) is 0 Å². The summed E-state index contributed by atoms with van der Waals surface area (Å²) in [5.41, 5.74) is 2.53. The van der Waals surface area contributed by atoms with E-state index in [1.165, 1.54) is 10.5 Å². The number of hydrogen-bond donors (Lipinski definition) is 2. The van der Waals surface area contributed by atoms with Crippen LogP contribution in [0.3, 0.4) is 0 Å². The van der Waals surface area contributed by atoms with Gasteiger partial charge in [0.25, 0.3) is 0 Å². The Morgan fingerprint density at radius 3 is 2.42 bits per heavy atom. The van der Waals surface area contributed by atoms with Gasteiger partial charge in [-0.2, -0.15) is 0 Å². The second-order valence-electron chi connectivity index (χ2n) is 5.55. The zero-order valence-corrected chi connectivity index (χ0v) is 15.1. The van der Waals surface area contributed by atoms with Crippen LogP contribution in [0.4, 0.5) is 10.5 Å². The van der Waals surface area contributed by atoms with Crippen molar-refractivity contribution in [2.45, 2.75) is 19.4 Å². The fourth-order valence-electron chi connectivity index (χ4n) is 2.21. The van der Waals surface area contributed by atoms with E-state index in [1.807, 2.05) is 24.3 Å². The molecule has 1 atom stereocenters. The molecule has 2 rings (SSSR count). The van der Waals surface area contributed by atoms with Crippen LogP contribution in [-0.4, -0.2) is 29.6 Å². The number of aryl methyl sites for hydroxylation is 1. The summed E-state index contributed by atoms with van der Waals surface area (Å²) in [6.07, 6.45) is 0.0993. The molecule has 0 bridgehead atoms. The van der Waals surface area contributed by atoms with Gasteiger partial charge in [0, 0.05) is 12.7 Å². The predicted molar refractivity (Wildman–Crippen MR) is 98.9 cm³/mol. The summed E-state index contributed by atoms with van der Waals surface area (Å²) in [6, 6.07) is 12.3. The van der Waals surface area contributed by atoms with E-state index in [0.29, 0.717) is 21.3 Å². The fraction of sp³-hybridized carbons (Fsp3) is 0.278. The van der Waals surface area contributed by atoms with Gasteiger partial charge in [0.15, 0.2) is 0 Å². The molecule has 6 heteroatoms. The molecule has 0 fully saturated rings. The third kappa shape index (κ3) is 4.87. The number of aliphatic hydroxyl groups excluding tert-OH is 1. The molecule has 2 N–H and O–H groups in total. The van der Waals surface area contributed by atoms with Gasteiger partial charge in [-0.25, -0.2) is 4.79 Å². The van der Waals surface area contributed by atoms with Gasteiger partial charge in [-0.05, 0) is 41.8 Å². The first-order chi connectivity index (χ1) is 11.4. The Kier molecular flexibility index (Phi) is 6.49. The third-order valence-electron chi connectivity index (χ3n) is 3.74. The maximum absolute atomic E-state index is 12.2. The summed E-state index contributed by atoms with van der Waals surface area (Å²) in [5, 5.41) is 13.9. The zero-order chi connectivity index (χ0) is 17.7. The van der Waals surface area contributed by atoms with Crippen molar-refractivity contribution < 1.29 is 9.90 Å². The lowest BCUT2D eigenvalue weighted by Crippen LogP contribution is -2.34. The molecule has 0 aliphatic rings. The van der Waals surface area contributed by atoms with E-state index in [1.54, 1.807) is 25.2 Å². The number of aliphatic hydroxyl groups is 1. The summed E-state index contributed by atoms with van der Waals surface area (Å²) in [5.74, 6) is 0. The van der Waals surface area contributed by atoms with Gasteiger partial charge in [-0.1, -0.05) is 48.3 Å². The molecule has 0 heterocycles. The van der Waals surface area contributed by atoms with Crippen molar-refractivity contribution in [3.05, 3.63) is 63.6 Å². The molecule has 0 saturated heterocycles. The van der Waals surface area contributed by atoms with Crippen molar-refractivity contribution >= 4 is 34.9 Å². The summed E-state index contributed by atoms with van der Waals surface area (Å²) in [4.78, 5) is 13.6. The van der Waals surface area contributed by atoms with E-state index in [9.17, 15) is 9.90 Å². The number of amides is 2. The number of nitrogens with zero attached hydrogens (tertiary/aromatic N) is 1. The Morgan fingerprint density at radius 2 is 1.83 bits per heavy atom. The van der Waals surface area contributed by atoms with Crippen molar-refractivity contribution in [2.75, 3.05) is 18.9 Å². The number of benzene rings is 2. The fourth-order valence-corrected chi connectivity index (χ4v) is 2.52. The van der Waals surface area contributed by atoms with Crippen LogP contribution >= 0.6 is 23.2 Å². The maximum Gasteiger partial charge on any atom is 0.321 e. The zero-order valence-electron chi connectivity index (χ0n) is 13.6. The summed E-state index contributed by atoms with van der Waals surface area (Å²) in [7, 11) is 1.62. The van der Waals surface area contributed by atoms with Gasteiger partial charge in [-0.15, -0.1) is 0 Å². The average Bonchev–Trinajstić information content (AvgIpc) is 2.57. The van der Waals surface area contributed by atoms with E-state index in [2.05, 4.69) is 12.2 Å². The molecular formula is C18H20Cl2N2O2. The second-order valence-corrected chi connectivity index (χ2v) is 6.36. The molecule has 2 aromatic carbocycles. The van der Waals surface area contributed by atoms with E-state index >= 15 is 0 Å². The largest absolute Gasteiger partial charge is 0.387 e. The standard InChI is InChI=1S/C18H20Cl2N2O2/c1-3-12-4-7-14(8-5-12)21-18(24)22(2)11-17(23)13-6-9-15(19)16(20)10-13/h4-10,17,23H,3,11H2,1-2H3,(H,21,24). The molecule has 0 radical (unpaired) electrons. The first-order valence-corrected chi connectivity index (χ1v) is 8.40. The molecule has 128 valence electrons. The van der Waals surface area contributed by atoms with Crippen LogP contribution in [-0.2, 0) is 6.42 Å². The molecule has 0 spiro atoms. The van der Waals surface area contributed by atoms with Crippen molar-refractivity contribution in [1.29, 1.82) is 0 Å². The Hall–Kier alpha value is -1.75. The van der Waals surface area contributed by atoms with Gasteiger partial charge >= 0.3 is 6.03 Å². The Bertz CT molecular complexity index is 705. The van der Waals surface area contributed by atoms with Gasteiger partial charge < -0.3 is 15.3 Å². The highest BCUT2D eigenvalue weighted by molar-refractivity contribution is 6.42. The Labute approximate surface area is 152 Å². The van der Waals surface area contributed by atoms with Crippen LogP contribution in [0.1, 0.15) is 24.2 Å². The molecular weight excluding hydrogens is 347 g/mol. The van der Waals surface area contributed by atoms with Crippen molar-refractivity contribution in [3.63, 3.8) is 0 Å². The number of anilines is 1. The molecule has 4 nitrogen and oxygen atoms in total. The molecule has 0 aromatic heterocycles. The molecule has 2 amide bonds. The van der Waals surface area contributed by atoms with Crippen LogP contribution in [0, 0.1) is 0 Å². The second kappa shape index (κ2) is 8.38. The van der Waals surface area contributed by atoms with Gasteiger partial charge in [-0.3, -0.25) is 0 Å². The van der Waals surface area contributed by atoms with Gasteiger partial charge in [0.1, 0.15) is 0 Å². The number of urea groups is 1. The van der Waals surface area contributed by atoms with Crippen LogP contribution in [0.2, 0.25) is 10.0 Å². The number of halogens is 2. The molecule has 0 aliphatic heterocycles. The highest BCUT2D eigenvalue weighted by Gasteiger charge is 2.16. The summed E-state index contributed by atoms with van der Waals surface area (Å²) >= 11 is 11.8. The minimum Gasteiger partial charge on any atom is -0.387 e. The first kappa shape index (κ1) is 18.6. The van der Waals surface area contributed by atoms with Crippen molar-refractivity contribution in [2.24, 2.45) is 0 Å². The number of carbonyl (C=O) groups is 1. The lowest BCUT2D eigenvalue weighted by atomic mass is 10.1. The highest BCUT2D eigenvalue weighted by atomic mass is 35.5. The molecule has 0 saturated carbocycles. The lowest BCUT2D eigenvalue weighted by Gasteiger charge is -2.22. The number of carbonyl (C=O) groups excluding carboxylic acids is 1. The Morgan fingerprint density at radius 1 is 1.17 bits per heavy atom. The summed E-state index contributed by atoms with van der Waals surface area (Å²) in [6.45, 7) is 2.21. The minimum atomic E-state index is -0.849. The van der Waals surface area contributed by atoms with Crippen molar-refractivity contribution in [1.82, 2.24) is 4.90 Å². The van der Waals surface area contributed by atoms with Crippen LogP contribution in [0.25, 0.3) is 0 Å². The number of hydrogen-bond acceptors (Lipinski definition) is 2. The SMILES string of the molecule is CCc1ccc(NC(=O)N(C)CC(O)c2ccc(Cl)c(Cl)c2)cc1. The number of likely N-dealkylation sites (N-methyl/N-ethyl adjacent to an activating group) is 1. The van der Waals surface area contributed by atoms with Gasteiger partial charge in [0.05, 0.1) is 22.7 Å². The van der Waals surface area contributed by atoms with E-state index in [4.69, 9.17) is 23.2 Å². The van der Waals surface area contributed by atoms with Crippen molar-refractivity contribution in [3.8, 4) is 0 Å².